The molecule has 5 rings (SSSR count). The van der Waals surface area contributed by atoms with Gasteiger partial charge in [0.2, 0.25) is 0 Å². The third-order valence-corrected chi connectivity index (χ3v) is 4.60. The standard InChI is InChI=1S/C22H13F2N5/c23-15-3-1-4-16(24)20(15)18-11-19(21-17(28-18)5-2-8-26-21)29-22-14-7-9-25-12-13(14)6-10-27-22/h1-12H,(H,27,28,29). The van der Waals surface area contributed by atoms with Gasteiger partial charge in [0.05, 0.1) is 22.5 Å². The largest absolute Gasteiger partial charge is 0.338 e. The Kier molecular flexibility index (Phi) is 4.05. The number of fused-ring (bicyclic) bond motifs is 2. The molecular formula is C22H13F2N5. The van der Waals surface area contributed by atoms with Crippen molar-refractivity contribution in [1.82, 2.24) is 19.9 Å². The second-order valence-corrected chi connectivity index (χ2v) is 6.40. The number of benzene rings is 1. The Morgan fingerprint density at radius 1 is 0.828 bits per heavy atom. The molecule has 0 bridgehead atoms. The highest BCUT2D eigenvalue weighted by atomic mass is 19.1. The molecule has 0 saturated carbocycles. The summed E-state index contributed by atoms with van der Waals surface area (Å²) in [7, 11) is 0. The number of pyridine rings is 4. The van der Waals surface area contributed by atoms with Crippen LogP contribution >= 0.6 is 0 Å². The maximum atomic E-state index is 14.4. The van der Waals surface area contributed by atoms with Gasteiger partial charge in [-0.1, -0.05) is 6.07 Å². The Bertz CT molecular complexity index is 1340. The Balaban J connectivity index is 1.73. The first-order valence-corrected chi connectivity index (χ1v) is 8.86. The summed E-state index contributed by atoms with van der Waals surface area (Å²) in [6.07, 6.45) is 6.73. The summed E-state index contributed by atoms with van der Waals surface area (Å²) in [4.78, 5) is 17.3. The Morgan fingerprint density at radius 2 is 1.69 bits per heavy atom. The lowest BCUT2D eigenvalue weighted by Crippen LogP contribution is -2.00. The zero-order valence-corrected chi connectivity index (χ0v) is 15.0. The van der Waals surface area contributed by atoms with Gasteiger partial charge in [-0.15, -0.1) is 0 Å². The van der Waals surface area contributed by atoms with E-state index >= 15 is 0 Å². The molecule has 0 aliphatic carbocycles. The second kappa shape index (κ2) is 6.87. The number of aromatic nitrogens is 4. The molecule has 0 aliphatic heterocycles. The molecule has 0 aliphatic rings. The van der Waals surface area contributed by atoms with Crippen LogP contribution in [0.25, 0.3) is 33.1 Å². The monoisotopic (exact) mass is 385 g/mol. The van der Waals surface area contributed by atoms with Crippen LogP contribution in [0.3, 0.4) is 0 Å². The average molecular weight is 385 g/mol. The molecule has 1 N–H and O–H groups in total. The number of nitrogens with one attached hydrogen (secondary N) is 1. The van der Waals surface area contributed by atoms with E-state index in [1.54, 1.807) is 43.0 Å². The molecule has 5 nitrogen and oxygen atoms in total. The number of hydrogen-bond acceptors (Lipinski definition) is 5. The molecule has 5 aromatic rings. The summed E-state index contributed by atoms with van der Waals surface area (Å²) in [6, 6.07) is 12.5. The predicted molar refractivity (Wildman–Crippen MR) is 108 cm³/mol. The molecule has 4 heterocycles. The predicted octanol–water partition coefficient (Wildman–Crippen LogP) is 5.26. The van der Waals surface area contributed by atoms with Crippen LogP contribution in [0.15, 0.2) is 73.3 Å². The lowest BCUT2D eigenvalue weighted by Gasteiger charge is -2.13. The van der Waals surface area contributed by atoms with Crippen molar-refractivity contribution >= 4 is 33.3 Å². The summed E-state index contributed by atoms with van der Waals surface area (Å²) in [6.45, 7) is 0. The van der Waals surface area contributed by atoms with E-state index in [0.717, 1.165) is 10.8 Å². The Morgan fingerprint density at radius 3 is 2.55 bits per heavy atom. The lowest BCUT2D eigenvalue weighted by molar-refractivity contribution is 0.589. The molecule has 140 valence electrons. The van der Waals surface area contributed by atoms with E-state index in [1.807, 2.05) is 12.1 Å². The fourth-order valence-electron chi connectivity index (χ4n) is 3.27. The number of halogens is 2. The highest BCUT2D eigenvalue weighted by Crippen LogP contribution is 2.32. The van der Waals surface area contributed by atoms with Crippen molar-refractivity contribution in [3.8, 4) is 11.3 Å². The SMILES string of the molecule is Fc1cccc(F)c1-c1cc(Nc2nccc3cnccc23)c2ncccc2n1. The van der Waals surface area contributed by atoms with Gasteiger partial charge in [0.25, 0.3) is 0 Å². The van der Waals surface area contributed by atoms with Crippen molar-refractivity contribution in [2.24, 2.45) is 0 Å². The first-order valence-electron chi connectivity index (χ1n) is 8.86. The summed E-state index contributed by atoms with van der Waals surface area (Å²) in [5, 5.41) is 5.03. The third kappa shape index (κ3) is 3.02. The summed E-state index contributed by atoms with van der Waals surface area (Å²) < 4.78 is 28.7. The molecule has 29 heavy (non-hydrogen) atoms. The second-order valence-electron chi connectivity index (χ2n) is 6.40. The van der Waals surface area contributed by atoms with Gasteiger partial charge in [0.15, 0.2) is 0 Å². The van der Waals surface area contributed by atoms with Gasteiger partial charge in [-0.2, -0.15) is 0 Å². The van der Waals surface area contributed by atoms with E-state index in [0.29, 0.717) is 22.5 Å². The van der Waals surface area contributed by atoms with Crippen LogP contribution in [0, 0.1) is 11.6 Å². The van der Waals surface area contributed by atoms with E-state index in [2.05, 4.69) is 25.3 Å². The van der Waals surface area contributed by atoms with Crippen LogP contribution in [-0.2, 0) is 0 Å². The van der Waals surface area contributed by atoms with E-state index in [-0.39, 0.29) is 11.3 Å². The zero-order valence-electron chi connectivity index (χ0n) is 15.0. The van der Waals surface area contributed by atoms with Crippen molar-refractivity contribution in [3.63, 3.8) is 0 Å². The van der Waals surface area contributed by atoms with Crippen LogP contribution in [0.2, 0.25) is 0 Å². The van der Waals surface area contributed by atoms with Crippen molar-refractivity contribution in [3.05, 3.63) is 85.0 Å². The molecule has 0 atom stereocenters. The Labute approximate surface area is 164 Å². The number of anilines is 2. The Hall–Kier alpha value is -4.00. The minimum atomic E-state index is -0.680. The normalized spacial score (nSPS) is 11.1. The van der Waals surface area contributed by atoms with Crippen LogP contribution in [0.1, 0.15) is 0 Å². The quantitative estimate of drug-likeness (QED) is 0.459. The minimum Gasteiger partial charge on any atom is -0.338 e. The summed E-state index contributed by atoms with van der Waals surface area (Å²) >= 11 is 0. The van der Waals surface area contributed by atoms with Crippen LogP contribution in [-0.4, -0.2) is 19.9 Å². The van der Waals surface area contributed by atoms with Crippen molar-refractivity contribution in [1.29, 1.82) is 0 Å². The first kappa shape index (κ1) is 17.1. The van der Waals surface area contributed by atoms with Crippen LogP contribution in [0.5, 0.6) is 0 Å². The van der Waals surface area contributed by atoms with Crippen LogP contribution in [0.4, 0.5) is 20.3 Å². The van der Waals surface area contributed by atoms with E-state index in [9.17, 15) is 8.78 Å². The summed E-state index contributed by atoms with van der Waals surface area (Å²) in [5.41, 5.74) is 1.62. The molecule has 0 fully saturated rings. The van der Waals surface area contributed by atoms with Crippen molar-refractivity contribution in [2.75, 3.05) is 5.32 Å². The average Bonchev–Trinajstić information content (AvgIpc) is 2.74. The molecule has 1 aromatic carbocycles. The van der Waals surface area contributed by atoms with Crippen molar-refractivity contribution in [2.45, 2.75) is 0 Å². The molecule has 0 unspecified atom stereocenters. The van der Waals surface area contributed by atoms with Gasteiger partial charge in [0, 0.05) is 35.6 Å². The first-order chi connectivity index (χ1) is 14.2. The fourth-order valence-corrected chi connectivity index (χ4v) is 3.27. The number of nitrogens with zero attached hydrogens (tertiary/aromatic N) is 4. The highest BCUT2D eigenvalue weighted by molar-refractivity contribution is 5.97. The minimum absolute atomic E-state index is 0.172. The fraction of sp³-hybridized carbons (Fsp3) is 0. The summed E-state index contributed by atoms with van der Waals surface area (Å²) in [5.74, 6) is -0.773. The molecular weight excluding hydrogens is 372 g/mol. The molecule has 0 amide bonds. The van der Waals surface area contributed by atoms with Gasteiger partial charge in [-0.05, 0) is 42.5 Å². The number of hydrogen-bond donors (Lipinski definition) is 1. The maximum absolute atomic E-state index is 14.4. The molecule has 0 radical (unpaired) electrons. The smallest absolute Gasteiger partial charge is 0.138 e. The molecule has 7 heteroatoms. The zero-order chi connectivity index (χ0) is 19.8. The highest BCUT2D eigenvalue weighted by Gasteiger charge is 2.16. The molecule has 4 aromatic heterocycles. The van der Waals surface area contributed by atoms with Gasteiger partial charge < -0.3 is 5.32 Å². The van der Waals surface area contributed by atoms with Crippen molar-refractivity contribution < 1.29 is 8.78 Å². The third-order valence-electron chi connectivity index (χ3n) is 4.60. The molecule has 0 saturated heterocycles. The van der Waals surface area contributed by atoms with E-state index < -0.39 is 11.6 Å². The maximum Gasteiger partial charge on any atom is 0.138 e. The lowest BCUT2D eigenvalue weighted by atomic mass is 10.1. The molecule has 0 spiro atoms. The number of rotatable bonds is 3. The van der Waals surface area contributed by atoms with Gasteiger partial charge in [-0.3, -0.25) is 9.97 Å². The topological polar surface area (TPSA) is 63.6 Å². The van der Waals surface area contributed by atoms with E-state index in [4.69, 9.17) is 0 Å². The van der Waals surface area contributed by atoms with Gasteiger partial charge >= 0.3 is 0 Å². The van der Waals surface area contributed by atoms with Gasteiger partial charge in [0.1, 0.15) is 23.0 Å². The van der Waals surface area contributed by atoms with Crippen LogP contribution < -0.4 is 5.32 Å². The van der Waals surface area contributed by atoms with Gasteiger partial charge in [-0.25, -0.2) is 18.7 Å². The van der Waals surface area contributed by atoms with E-state index in [1.165, 1.54) is 18.2 Å².